The van der Waals surface area contributed by atoms with Crippen molar-refractivity contribution in [3.63, 3.8) is 0 Å². The fourth-order valence-corrected chi connectivity index (χ4v) is 1.35. The lowest BCUT2D eigenvalue weighted by atomic mass is 10.6. The van der Waals surface area contributed by atoms with Gasteiger partial charge in [0.1, 0.15) is 0 Å². The van der Waals surface area contributed by atoms with E-state index in [4.69, 9.17) is 0 Å². The van der Waals surface area contributed by atoms with Gasteiger partial charge in [-0.05, 0) is 6.26 Å². The number of hydrogen-bond acceptors (Lipinski definition) is 2. The van der Waals surface area contributed by atoms with E-state index < -0.39 is 0 Å². The van der Waals surface area contributed by atoms with E-state index in [2.05, 4.69) is 5.32 Å². The van der Waals surface area contributed by atoms with Gasteiger partial charge in [-0.3, -0.25) is 0 Å². The summed E-state index contributed by atoms with van der Waals surface area (Å²) in [5.41, 5.74) is 0. The Balaban J connectivity index is 2.44. The van der Waals surface area contributed by atoms with E-state index in [9.17, 15) is 4.79 Å². The van der Waals surface area contributed by atoms with Gasteiger partial charge < -0.3 is 10.2 Å². The van der Waals surface area contributed by atoms with Gasteiger partial charge in [0.2, 0.25) is 0 Å². The maximum atomic E-state index is 10.7. The van der Waals surface area contributed by atoms with Gasteiger partial charge in [-0.15, -0.1) is 11.8 Å². The van der Waals surface area contributed by atoms with E-state index >= 15 is 0 Å². The summed E-state index contributed by atoms with van der Waals surface area (Å²) >= 11 is 1.67. The molecule has 1 N–H and O–H groups in total. The monoisotopic (exact) mass is 146 g/mol. The van der Waals surface area contributed by atoms with Crippen LogP contribution in [0.2, 0.25) is 0 Å². The molecule has 0 radical (unpaired) electrons. The van der Waals surface area contributed by atoms with E-state index in [1.165, 1.54) is 0 Å². The molecule has 2 amide bonds. The summed E-state index contributed by atoms with van der Waals surface area (Å²) < 4.78 is 0. The molecule has 1 heterocycles. The van der Waals surface area contributed by atoms with Crippen LogP contribution < -0.4 is 5.32 Å². The number of urea groups is 1. The van der Waals surface area contributed by atoms with Crippen LogP contribution in [0.4, 0.5) is 4.79 Å². The average Bonchev–Trinajstić information content (AvgIpc) is 2.13. The predicted octanol–water partition coefficient (Wildman–Crippen LogP) is 0.331. The third kappa shape index (κ3) is 1.30. The number of rotatable bonds is 1. The first kappa shape index (κ1) is 6.74. The Bertz CT molecular complexity index is 128. The molecule has 1 aliphatic rings. The number of hydrogen-bond donors (Lipinski definition) is 1. The van der Waals surface area contributed by atoms with Gasteiger partial charge in [0.15, 0.2) is 0 Å². The van der Waals surface area contributed by atoms with E-state index in [1.54, 1.807) is 23.7 Å². The van der Waals surface area contributed by atoms with Crippen LogP contribution in [0.3, 0.4) is 0 Å². The van der Waals surface area contributed by atoms with Gasteiger partial charge in [-0.2, -0.15) is 0 Å². The average molecular weight is 146 g/mol. The zero-order valence-corrected chi connectivity index (χ0v) is 6.36. The van der Waals surface area contributed by atoms with Gasteiger partial charge in [-0.25, -0.2) is 4.79 Å². The minimum Gasteiger partial charge on any atom is -0.325 e. The maximum Gasteiger partial charge on any atom is 0.318 e. The molecule has 0 bridgehead atoms. The Morgan fingerprint density at radius 2 is 2.56 bits per heavy atom. The number of amides is 2. The van der Waals surface area contributed by atoms with Crippen molar-refractivity contribution in [2.24, 2.45) is 0 Å². The van der Waals surface area contributed by atoms with Crippen molar-refractivity contribution in [2.75, 3.05) is 19.8 Å². The van der Waals surface area contributed by atoms with Crippen LogP contribution in [0.25, 0.3) is 0 Å². The first-order chi connectivity index (χ1) is 4.24. The molecule has 0 aromatic rings. The smallest absolute Gasteiger partial charge is 0.318 e. The number of nitrogens with zero attached hydrogens (tertiary/aromatic N) is 1. The number of likely N-dealkylation sites (N-methyl/N-ethyl adjacent to an activating group) is 1. The van der Waals surface area contributed by atoms with Gasteiger partial charge >= 0.3 is 6.03 Å². The molecule has 0 saturated carbocycles. The van der Waals surface area contributed by atoms with Crippen molar-refractivity contribution in [3.05, 3.63) is 0 Å². The highest BCUT2D eigenvalue weighted by Crippen LogP contribution is 2.10. The van der Waals surface area contributed by atoms with Gasteiger partial charge in [0.05, 0.1) is 11.9 Å². The summed E-state index contributed by atoms with van der Waals surface area (Å²) in [6, 6.07) is 0.0364. The van der Waals surface area contributed by atoms with Crippen LogP contribution in [0, 0.1) is 0 Å². The third-order valence-electron chi connectivity index (χ3n) is 1.36. The molecular formula is C5H10N2OS. The third-order valence-corrected chi connectivity index (χ3v) is 2.19. The van der Waals surface area contributed by atoms with Crippen LogP contribution in [-0.2, 0) is 0 Å². The second-order valence-corrected chi connectivity index (χ2v) is 3.09. The van der Waals surface area contributed by atoms with Crippen molar-refractivity contribution < 1.29 is 4.79 Å². The zero-order valence-electron chi connectivity index (χ0n) is 5.55. The Morgan fingerprint density at radius 1 is 1.89 bits per heavy atom. The molecule has 1 aliphatic heterocycles. The zero-order chi connectivity index (χ0) is 6.85. The topological polar surface area (TPSA) is 32.3 Å². The van der Waals surface area contributed by atoms with Crippen LogP contribution in [0.5, 0.6) is 0 Å². The molecule has 1 saturated heterocycles. The molecule has 0 aromatic carbocycles. The normalized spacial score (nSPS) is 26.7. The van der Waals surface area contributed by atoms with Gasteiger partial charge in [0.25, 0.3) is 0 Å². The molecule has 52 valence electrons. The Labute approximate surface area is 58.8 Å². The minimum atomic E-state index is 0.0364. The highest BCUT2D eigenvalue weighted by molar-refractivity contribution is 7.99. The molecule has 0 aromatic heterocycles. The molecule has 4 heteroatoms. The molecule has 3 nitrogen and oxygen atoms in total. The summed E-state index contributed by atoms with van der Waals surface area (Å²) in [4.78, 5) is 12.4. The summed E-state index contributed by atoms with van der Waals surface area (Å²) in [6.07, 6.45) is 1.99. The fourth-order valence-electron chi connectivity index (χ4n) is 0.759. The van der Waals surface area contributed by atoms with Crippen LogP contribution >= 0.6 is 11.8 Å². The van der Waals surface area contributed by atoms with Crippen molar-refractivity contribution in [1.82, 2.24) is 10.2 Å². The van der Waals surface area contributed by atoms with Gasteiger partial charge in [0, 0.05) is 7.05 Å². The molecular weight excluding hydrogens is 136 g/mol. The van der Waals surface area contributed by atoms with Crippen LogP contribution in [0.15, 0.2) is 0 Å². The van der Waals surface area contributed by atoms with Crippen molar-refractivity contribution in [1.29, 1.82) is 0 Å². The number of nitrogens with one attached hydrogen (secondary N) is 1. The fraction of sp³-hybridized carbons (Fsp3) is 0.800. The van der Waals surface area contributed by atoms with Crippen molar-refractivity contribution >= 4 is 17.8 Å². The van der Waals surface area contributed by atoms with Crippen LogP contribution in [0.1, 0.15) is 0 Å². The maximum absolute atomic E-state index is 10.7. The Kier molecular flexibility index (Phi) is 1.85. The van der Waals surface area contributed by atoms with E-state index in [1.807, 2.05) is 6.26 Å². The lowest BCUT2D eigenvalue weighted by Crippen LogP contribution is -2.24. The summed E-state index contributed by atoms with van der Waals surface area (Å²) in [7, 11) is 1.80. The Morgan fingerprint density at radius 3 is 2.78 bits per heavy atom. The van der Waals surface area contributed by atoms with E-state index in [0.717, 1.165) is 6.54 Å². The standard InChI is InChI=1S/C5H10N2OS/c1-7-3-4(9-2)6-5(7)8/h4H,3H2,1-2H3,(H,6,8). The summed E-state index contributed by atoms with van der Waals surface area (Å²) in [6.45, 7) is 0.819. The molecule has 9 heavy (non-hydrogen) atoms. The number of carbonyl (C=O) groups excluding carboxylic acids is 1. The van der Waals surface area contributed by atoms with E-state index in [-0.39, 0.29) is 6.03 Å². The SMILES string of the molecule is CSC1CN(C)C(=O)N1. The summed E-state index contributed by atoms with van der Waals surface area (Å²) in [5, 5.41) is 3.10. The second-order valence-electron chi connectivity index (χ2n) is 2.05. The predicted molar refractivity (Wildman–Crippen MR) is 38.5 cm³/mol. The van der Waals surface area contributed by atoms with Crippen LogP contribution in [-0.4, -0.2) is 36.2 Å². The number of carbonyl (C=O) groups is 1. The molecule has 1 atom stereocenters. The molecule has 1 fully saturated rings. The molecule has 1 unspecified atom stereocenters. The highest BCUT2D eigenvalue weighted by Gasteiger charge is 2.23. The quantitative estimate of drug-likeness (QED) is 0.578. The highest BCUT2D eigenvalue weighted by atomic mass is 32.2. The first-order valence-electron chi connectivity index (χ1n) is 2.78. The summed E-state index contributed by atoms with van der Waals surface area (Å²) in [5.74, 6) is 0. The number of thioether (sulfide) groups is 1. The molecule has 0 spiro atoms. The second kappa shape index (κ2) is 2.47. The van der Waals surface area contributed by atoms with Crippen molar-refractivity contribution in [3.8, 4) is 0 Å². The van der Waals surface area contributed by atoms with Crippen molar-refractivity contribution in [2.45, 2.75) is 5.37 Å². The molecule has 0 aliphatic carbocycles. The van der Waals surface area contributed by atoms with E-state index in [0.29, 0.717) is 5.37 Å². The lowest BCUT2D eigenvalue weighted by molar-refractivity contribution is 0.226. The first-order valence-corrected chi connectivity index (χ1v) is 4.07. The minimum absolute atomic E-state index is 0.0364. The lowest BCUT2D eigenvalue weighted by Gasteiger charge is -2.03. The largest absolute Gasteiger partial charge is 0.325 e. The van der Waals surface area contributed by atoms with Gasteiger partial charge in [-0.1, -0.05) is 0 Å². The Hall–Kier alpha value is -0.380. The molecule has 1 rings (SSSR count).